The van der Waals surface area contributed by atoms with Crippen molar-refractivity contribution in [3.05, 3.63) is 17.5 Å². The predicted octanol–water partition coefficient (Wildman–Crippen LogP) is 0.508. The Kier molecular flexibility index (Phi) is 4.67. The van der Waals surface area contributed by atoms with Crippen LogP contribution < -0.4 is 5.32 Å². The number of hydrogen-bond donors (Lipinski definition) is 2. The first-order chi connectivity index (χ1) is 9.81. The van der Waals surface area contributed by atoms with Crippen LogP contribution in [-0.4, -0.2) is 54.2 Å². The van der Waals surface area contributed by atoms with E-state index in [2.05, 4.69) is 22.4 Å². The van der Waals surface area contributed by atoms with Crippen LogP contribution in [0.3, 0.4) is 0 Å². The first kappa shape index (κ1) is 16.0. The quantitative estimate of drug-likeness (QED) is 0.827. The van der Waals surface area contributed by atoms with Gasteiger partial charge in [-0.1, -0.05) is 13.3 Å². The zero-order valence-corrected chi connectivity index (χ0v) is 13.4. The molecule has 1 fully saturated rings. The molecule has 2 rings (SSSR count). The van der Waals surface area contributed by atoms with E-state index in [1.165, 1.54) is 10.6 Å². The van der Waals surface area contributed by atoms with Crippen LogP contribution in [0.4, 0.5) is 0 Å². The number of aromatic amines is 1. The van der Waals surface area contributed by atoms with Crippen LogP contribution in [0.5, 0.6) is 0 Å². The topological polar surface area (TPSA) is 95.2 Å². The minimum atomic E-state index is -3.22. The molecular weight excluding hydrogens is 292 g/mol. The van der Waals surface area contributed by atoms with Crippen LogP contribution in [0, 0.1) is 12.8 Å². The minimum absolute atomic E-state index is 0.147. The lowest BCUT2D eigenvalue weighted by Gasteiger charge is -2.18. The van der Waals surface area contributed by atoms with Gasteiger partial charge in [0, 0.05) is 24.8 Å². The number of sulfonamides is 1. The maximum Gasteiger partial charge on any atom is 0.272 e. The number of aryl methyl sites for hydroxylation is 1. The van der Waals surface area contributed by atoms with Crippen molar-refractivity contribution in [2.75, 3.05) is 19.3 Å². The zero-order chi connectivity index (χ0) is 15.6. The highest BCUT2D eigenvalue weighted by atomic mass is 32.2. The average molecular weight is 314 g/mol. The lowest BCUT2D eigenvalue weighted by atomic mass is 9.98. The Labute approximate surface area is 125 Å². The van der Waals surface area contributed by atoms with Gasteiger partial charge in [-0.15, -0.1) is 0 Å². The summed E-state index contributed by atoms with van der Waals surface area (Å²) in [6.07, 6.45) is 3.05. The molecule has 0 aliphatic carbocycles. The molecule has 2 N–H and O–H groups in total. The van der Waals surface area contributed by atoms with Gasteiger partial charge in [-0.05, 0) is 25.3 Å². The minimum Gasteiger partial charge on any atom is -0.346 e. The largest absolute Gasteiger partial charge is 0.346 e. The van der Waals surface area contributed by atoms with Crippen LogP contribution in [0.2, 0.25) is 0 Å². The average Bonchev–Trinajstić information content (AvgIpc) is 2.97. The number of hydrogen-bond acceptors (Lipinski definition) is 4. The van der Waals surface area contributed by atoms with Crippen molar-refractivity contribution >= 4 is 15.9 Å². The molecule has 1 aromatic heterocycles. The summed E-state index contributed by atoms with van der Waals surface area (Å²) in [7, 11) is -3.22. The fourth-order valence-electron chi connectivity index (χ4n) is 2.71. The maximum atomic E-state index is 12.2. The molecule has 1 saturated heterocycles. The Morgan fingerprint density at radius 3 is 2.76 bits per heavy atom. The zero-order valence-electron chi connectivity index (χ0n) is 12.6. The van der Waals surface area contributed by atoms with Crippen molar-refractivity contribution < 1.29 is 13.2 Å². The lowest BCUT2D eigenvalue weighted by Crippen LogP contribution is -2.41. The van der Waals surface area contributed by atoms with Gasteiger partial charge in [0.1, 0.15) is 5.69 Å². The first-order valence-electron chi connectivity index (χ1n) is 7.09. The fraction of sp³-hybridized carbons (Fsp3) is 0.692. The van der Waals surface area contributed by atoms with Crippen LogP contribution >= 0.6 is 0 Å². The standard InChI is InChI=1S/C13H22N4O3S/c1-4-5-10-7-17(21(3,19)20)8-12(10)14-13(18)11-6-9(2)15-16-11/h6,10,12H,4-5,7-8H2,1-3H3,(H,14,18)(H,15,16)/t10-,12-/m0/s1. The Balaban J connectivity index is 2.07. The number of carbonyl (C=O) groups excluding carboxylic acids is 1. The molecule has 1 amide bonds. The van der Waals surface area contributed by atoms with E-state index in [1.807, 2.05) is 6.92 Å². The second kappa shape index (κ2) is 6.15. The van der Waals surface area contributed by atoms with Gasteiger partial charge >= 0.3 is 0 Å². The summed E-state index contributed by atoms with van der Waals surface area (Å²) in [5, 5.41) is 9.57. The molecule has 1 aliphatic heterocycles. The molecule has 7 nitrogen and oxygen atoms in total. The van der Waals surface area contributed by atoms with Gasteiger partial charge in [0.15, 0.2) is 0 Å². The number of rotatable bonds is 5. The van der Waals surface area contributed by atoms with Gasteiger partial charge in [-0.3, -0.25) is 9.89 Å². The van der Waals surface area contributed by atoms with Crippen molar-refractivity contribution in [1.29, 1.82) is 0 Å². The Morgan fingerprint density at radius 1 is 1.52 bits per heavy atom. The molecule has 21 heavy (non-hydrogen) atoms. The molecule has 0 spiro atoms. The first-order valence-corrected chi connectivity index (χ1v) is 8.94. The van der Waals surface area contributed by atoms with Crippen molar-refractivity contribution in [2.24, 2.45) is 5.92 Å². The van der Waals surface area contributed by atoms with Crippen molar-refractivity contribution in [2.45, 2.75) is 32.7 Å². The second-order valence-electron chi connectivity index (χ2n) is 5.64. The summed E-state index contributed by atoms with van der Waals surface area (Å²) in [4.78, 5) is 12.2. The molecule has 0 radical (unpaired) electrons. The van der Waals surface area contributed by atoms with Crippen molar-refractivity contribution in [1.82, 2.24) is 19.8 Å². The van der Waals surface area contributed by atoms with Crippen LogP contribution in [0.25, 0.3) is 0 Å². The molecule has 2 atom stereocenters. The highest BCUT2D eigenvalue weighted by molar-refractivity contribution is 7.88. The van der Waals surface area contributed by atoms with Crippen LogP contribution in [0.15, 0.2) is 6.07 Å². The second-order valence-corrected chi connectivity index (χ2v) is 7.63. The molecule has 1 aromatic rings. The molecule has 1 aliphatic rings. The summed E-state index contributed by atoms with van der Waals surface area (Å²) in [6.45, 7) is 4.68. The van der Waals surface area contributed by atoms with Crippen LogP contribution in [-0.2, 0) is 10.0 Å². The third-order valence-electron chi connectivity index (χ3n) is 3.79. The van der Waals surface area contributed by atoms with Crippen molar-refractivity contribution in [3.8, 4) is 0 Å². The monoisotopic (exact) mass is 314 g/mol. The molecule has 0 aromatic carbocycles. The number of nitrogens with zero attached hydrogens (tertiary/aromatic N) is 2. The number of carbonyl (C=O) groups is 1. The molecule has 0 bridgehead atoms. The summed E-state index contributed by atoms with van der Waals surface area (Å²) in [6, 6.07) is 1.51. The Hall–Kier alpha value is -1.41. The number of amides is 1. The van der Waals surface area contributed by atoms with E-state index in [0.29, 0.717) is 18.8 Å². The fourth-order valence-corrected chi connectivity index (χ4v) is 3.60. The maximum absolute atomic E-state index is 12.2. The predicted molar refractivity (Wildman–Crippen MR) is 79.4 cm³/mol. The smallest absolute Gasteiger partial charge is 0.272 e. The molecule has 0 saturated carbocycles. The number of aromatic nitrogens is 2. The Morgan fingerprint density at radius 2 is 2.24 bits per heavy atom. The van der Waals surface area contributed by atoms with E-state index in [9.17, 15) is 13.2 Å². The molecule has 2 heterocycles. The SMILES string of the molecule is CCC[C@H]1CN(S(C)(=O)=O)C[C@@H]1NC(=O)c1cc(C)[nH]n1. The van der Waals surface area contributed by atoms with Gasteiger partial charge in [0.05, 0.1) is 6.26 Å². The highest BCUT2D eigenvalue weighted by Gasteiger charge is 2.37. The number of nitrogens with one attached hydrogen (secondary N) is 2. The summed E-state index contributed by atoms with van der Waals surface area (Å²) < 4.78 is 24.8. The normalized spacial score (nSPS) is 23.4. The van der Waals surface area contributed by atoms with Crippen molar-refractivity contribution in [3.63, 3.8) is 0 Å². The molecule has 8 heteroatoms. The summed E-state index contributed by atoms with van der Waals surface area (Å²) >= 11 is 0. The third kappa shape index (κ3) is 3.82. The van der Waals surface area contributed by atoms with E-state index in [1.54, 1.807) is 6.07 Å². The van der Waals surface area contributed by atoms with E-state index < -0.39 is 10.0 Å². The van der Waals surface area contributed by atoms with Gasteiger partial charge < -0.3 is 5.32 Å². The van der Waals surface area contributed by atoms with Gasteiger partial charge in [-0.25, -0.2) is 8.42 Å². The molecule has 118 valence electrons. The van der Waals surface area contributed by atoms with Crippen LogP contribution in [0.1, 0.15) is 35.9 Å². The lowest BCUT2D eigenvalue weighted by molar-refractivity contribution is 0.0924. The summed E-state index contributed by atoms with van der Waals surface area (Å²) in [5.74, 6) is -0.116. The van der Waals surface area contributed by atoms with E-state index in [4.69, 9.17) is 0 Å². The van der Waals surface area contributed by atoms with Gasteiger partial charge in [-0.2, -0.15) is 9.40 Å². The molecule has 0 unspecified atom stereocenters. The van der Waals surface area contributed by atoms with Gasteiger partial charge in [0.2, 0.25) is 10.0 Å². The van der Waals surface area contributed by atoms with E-state index in [-0.39, 0.29) is 17.9 Å². The third-order valence-corrected chi connectivity index (χ3v) is 5.03. The molecular formula is C13H22N4O3S. The van der Waals surface area contributed by atoms with E-state index >= 15 is 0 Å². The Bertz CT molecular complexity index is 611. The van der Waals surface area contributed by atoms with Gasteiger partial charge in [0.25, 0.3) is 5.91 Å². The highest BCUT2D eigenvalue weighted by Crippen LogP contribution is 2.24. The van der Waals surface area contributed by atoms with E-state index in [0.717, 1.165) is 18.5 Å². The number of H-pyrrole nitrogens is 1. The summed E-state index contributed by atoms with van der Waals surface area (Å²) in [5.41, 5.74) is 1.15.